The summed E-state index contributed by atoms with van der Waals surface area (Å²) >= 11 is 23.5. The van der Waals surface area contributed by atoms with Crippen LogP contribution in [0.3, 0.4) is 0 Å². The second kappa shape index (κ2) is 5.10. The van der Waals surface area contributed by atoms with Crippen molar-refractivity contribution in [3.05, 3.63) is 48.4 Å². The van der Waals surface area contributed by atoms with Crippen LogP contribution in [-0.2, 0) is 0 Å². The van der Waals surface area contributed by atoms with Gasteiger partial charge in [0.15, 0.2) is 17.2 Å². The van der Waals surface area contributed by atoms with E-state index < -0.39 is 10.6 Å². The van der Waals surface area contributed by atoms with Crippen molar-refractivity contribution < 1.29 is 14.4 Å². The third-order valence-corrected chi connectivity index (χ3v) is 4.22. The number of rotatable bonds is 1. The SMILES string of the molecule is O=[N+]([O-])c1c(Cl)c(Cl)cc2c1Oc1cc(Cl)c(Cl)cc1O2. The Morgan fingerprint density at radius 3 is 1.95 bits per heavy atom. The summed E-state index contributed by atoms with van der Waals surface area (Å²) in [7, 11) is 0. The Kier molecular flexibility index (Phi) is 3.53. The van der Waals surface area contributed by atoms with Crippen LogP contribution in [0.5, 0.6) is 23.0 Å². The van der Waals surface area contributed by atoms with Crippen LogP contribution in [0, 0.1) is 10.1 Å². The normalized spacial score (nSPS) is 12.0. The Labute approximate surface area is 138 Å². The number of halogens is 4. The zero-order valence-corrected chi connectivity index (χ0v) is 12.8. The minimum Gasteiger partial charge on any atom is -0.449 e. The average molecular weight is 367 g/mol. The Hall–Kier alpha value is -1.40. The van der Waals surface area contributed by atoms with Crippen LogP contribution in [0.2, 0.25) is 20.1 Å². The number of nitro benzene ring substituents is 1. The fourth-order valence-corrected chi connectivity index (χ4v) is 2.51. The predicted molar refractivity (Wildman–Crippen MR) is 79.7 cm³/mol. The van der Waals surface area contributed by atoms with E-state index in [0.717, 1.165) is 0 Å². The molecule has 9 heteroatoms. The molecular weight excluding hydrogens is 364 g/mol. The summed E-state index contributed by atoms with van der Waals surface area (Å²) < 4.78 is 11.0. The summed E-state index contributed by atoms with van der Waals surface area (Å²) in [6.07, 6.45) is 0. The molecule has 0 unspecified atom stereocenters. The highest BCUT2D eigenvalue weighted by atomic mass is 35.5. The van der Waals surface area contributed by atoms with Gasteiger partial charge in [-0.15, -0.1) is 0 Å². The fraction of sp³-hybridized carbons (Fsp3) is 0. The third-order valence-electron chi connectivity index (χ3n) is 2.72. The molecular formula is C12H3Cl4NO4. The highest BCUT2D eigenvalue weighted by Crippen LogP contribution is 2.54. The minimum absolute atomic E-state index is 0.0192. The van der Waals surface area contributed by atoms with E-state index in [1.807, 2.05) is 0 Å². The van der Waals surface area contributed by atoms with Gasteiger partial charge in [-0.05, 0) is 0 Å². The molecule has 0 radical (unpaired) electrons. The number of nitrogens with zero attached hydrogens (tertiary/aromatic N) is 1. The number of hydrogen-bond donors (Lipinski definition) is 0. The first kappa shape index (κ1) is 14.5. The van der Waals surface area contributed by atoms with Crippen molar-refractivity contribution in [3.8, 4) is 23.0 Å². The highest BCUT2D eigenvalue weighted by molar-refractivity contribution is 6.44. The molecule has 0 amide bonds. The molecule has 1 aliphatic heterocycles. The zero-order valence-electron chi connectivity index (χ0n) is 9.82. The Morgan fingerprint density at radius 1 is 0.857 bits per heavy atom. The molecule has 2 aromatic carbocycles. The van der Waals surface area contributed by atoms with Crippen molar-refractivity contribution in [1.82, 2.24) is 0 Å². The van der Waals surface area contributed by atoms with Crippen molar-refractivity contribution in [2.24, 2.45) is 0 Å². The van der Waals surface area contributed by atoms with Gasteiger partial charge in [-0.25, -0.2) is 0 Å². The molecule has 0 spiro atoms. The topological polar surface area (TPSA) is 61.6 Å². The summed E-state index contributed by atoms with van der Waals surface area (Å²) in [6.45, 7) is 0. The van der Waals surface area contributed by atoms with Crippen LogP contribution >= 0.6 is 46.4 Å². The third kappa shape index (κ3) is 2.36. The van der Waals surface area contributed by atoms with Crippen molar-refractivity contribution in [3.63, 3.8) is 0 Å². The van der Waals surface area contributed by atoms with E-state index >= 15 is 0 Å². The Balaban J connectivity index is 2.22. The summed E-state index contributed by atoms with van der Waals surface area (Å²) in [6, 6.07) is 4.17. The molecule has 21 heavy (non-hydrogen) atoms. The second-order valence-electron chi connectivity index (χ2n) is 4.02. The maximum Gasteiger partial charge on any atom is 0.335 e. The van der Waals surface area contributed by atoms with Crippen molar-refractivity contribution in [1.29, 1.82) is 0 Å². The molecule has 0 saturated carbocycles. The van der Waals surface area contributed by atoms with E-state index in [4.69, 9.17) is 55.9 Å². The quantitative estimate of drug-likeness (QED) is 0.385. The molecule has 0 saturated heterocycles. The van der Waals surface area contributed by atoms with Gasteiger partial charge in [0.1, 0.15) is 5.02 Å². The second-order valence-corrected chi connectivity index (χ2v) is 5.62. The van der Waals surface area contributed by atoms with Crippen molar-refractivity contribution >= 4 is 52.1 Å². The predicted octanol–water partition coefficient (Wildman–Crippen LogP) is 6.11. The molecule has 5 nitrogen and oxygen atoms in total. The molecule has 0 fully saturated rings. The van der Waals surface area contributed by atoms with Gasteiger partial charge < -0.3 is 9.47 Å². The minimum atomic E-state index is -0.696. The van der Waals surface area contributed by atoms with Gasteiger partial charge in [0, 0.05) is 18.2 Å². The van der Waals surface area contributed by atoms with E-state index in [1.54, 1.807) is 0 Å². The van der Waals surface area contributed by atoms with Crippen molar-refractivity contribution in [2.75, 3.05) is 0 Å². The van der Waals surface area contributed by atoms with Gasteiger partial charge in [-0.3, -0.25) is 10.1 Å². The molecule has 1 aliphatic rings. The number of nitro groups is 1. The van der Waals surface area contributed by atoms with Crippen LogP contribution in [0.1, 0.15) is 0 Å². The van der Waals surface area contributed by atoms with Crippen LogP contribution < -0.4 is 9.47 Å². The summed E-state index contributed by atoms with van der Waals surface area (Å²) in [5.41, 5.74) is -0.476. The molecule has 0 atom stereocenters. The lowest BCUT2D eigenvalue weighted by atomic mass is 10.2. The lowest BCUT2D eigenvalue weighted by molar-refractivity contribution is -0.385. The molecule has 2 aromatic rings. The first-order valence-electron chi connectivity index (χ1n) is 5.39. The van der Waals surface area contributed by atoms with Gasteiger partial charge in [0.25, 0.3) is 0 Å². The molecule has 0 aromatic heterocycles. The molecule has 1 heterocycles. The molecule has 0 bridgehead atoms. The van der Waals surface area contributed by atoms with Crippen LogP contribution in [0.15, 0.2) is 18.2 Å². The largest absolute Gasteiger partial charge is 0.449 e. The van der Waals surface area contributed by atoms with E-state index in [1.165, 1.54) is 18.2 Å². The Bertz CT molecular complexity index is 794. The summed E-state index contributed by atoms with van der Waals surface area (Å²) in [4.78, 5) is 10.5. The van der Waals surface area contributed by atoms with E-state index in [9.17, 15) is 10.1 Å². The molecule has 108 valence electrons. The number of ether oxygens (including phenoxy) is 2. The lowest BCUT2D eigenvalue weighted by Crippen LogP contribution is -2.03. The highest BCUT2D eigenvalue weighted by Gasteiger charge is 2.33. The zero-order chi connectivity index (χ0) is 15.3. The van der Waals surface area contributed by atoms with Crippen LogP contribution in [0.25, 0.3) is 0 Å². The van der Waals surface area contributed by atoms with E-state index in [-0.39, 0.29) is 43.1 Å². The van der Waals surface area contributed by atoms with Gasteiger partial charge in [0.2, 0.25) is 5.75 Å². The molecule has 0 N–H and O–H groups in total. The summed E-state index contributed by atoms with van der Waals surface area (Å²) in [5.74, 6) is 0.394. The maximum absolute atomic E-state index is 11.2. The standard InChI is InChI=1S/C12H3Cl4NO4/c13-4-1-7-8(2-5(4)14)21-12-9(20-7)3-6(15)10(16)11(12)17(18)19/h1-3H. The Morgan fingerprint density at radius 2 is 1.38 bits per heavy atom. The fourth-order valence-electron chi connectivity index (χ4n) is 1.81. The first-order chi connectivity index (χ1) is 9.88. The lowest BCUT2D eigenvalue weighted by Gasteiger charge is -2.21. The van der Waals surface area contributed by atoms with Crippen molar-refractivity contribution in [2.45, 2.75) is 0 Å². The number of hydrogen-bond acceptors (Lipinski definition) is 4. The van der Waals surface area contributed by atoms with E-state index in [0.29, 0.717) is 0 Å². The average Bonchev–Trinajstić information content (AvgIpc) is 2.40. The number of benzene rings is 2. The van der Waals surface area contributed by atoms with Crippen LogP contribution in [0.4, 0.5) is 5.69 Å². The van der Waals surface area contributed by atoms with Crippen LogP contribution in [-0.4, -0.2) is 4.92 Å². The monoisotopic (exact) mass is 365 g/mol. The molecule has 0 aliphatic carbocycles. The summed E-state index contributed by atoms with van der Waals surface area (Å²) in [5, 5.41) is 11.4. The van der Waals surface area contributed by atoms with Gasteiger partial charge in [-0.1, -0.05) is 46.4 Å². The maximum atomic E-state index is 11.2. The molecule has 3 rings (SSSR count). The smallest absolute Gasteiger partial charge is 0.335 e. The first-order valence-corrected chi connectivity index (χ1v) is 6.91. The van der Waals surface area contributed by atoms with Gasteiger partial charge in [0.05, 0.1) is 20.0 Å². The van der Waals surface area contributed by atoms with E-state index in [2.05, 4.69) is 0 Å². The van der Waals surface area contributed by atoms with Gasteiger partial charge >= 0.3 is 5.69 Å². The number of fused-ring (bicyclic) bond motifs is 2. The van der Waals surface area contributed by atoms with Gasteiger partial charge in [-0.2, -0.15) is 0 Å².